The third-order valence-corrected chi connectivity index (χ3v) is 4.82. The molecule has 0 unspecified atom stereocenters. The van der Waals surface area contributed by atoms with E-state index in [0.29, 0.717) is 18.5 Å². The quantitative estimate of drug-likeness (QED) is 0.778. The molecule has 7 heteroatoms. The third-order valence-electron chi connectivity index (χ3n) is 2.78. The summed E-state index contributed by atoms with van der Waals surface area (Å²) in [6, 6.07) is 1.26. The number of sulfonamides is 1. The Morgan fingerprint density at radius 2 is 2.10 bits per heavy atom. The Kier molecular flexibility index (Phi) is 6.04. The maximum absolute atomic E-state index is 12.6. The summed E-state index contributed by atoms with van der Waals surface area (Å²) in [5.74, 6) is -1.10. The molecule has 0 aliphatic heterocycles. The van der Waals surface area contributed by atoms with Crippen molar-refractivity contribution in [3.63, 3.8) is 0 Å². The summed E-state index contributed by atoms with van der Waals surface area (Å²) in [6.07, 6.45) is 5.66. The number of rotatable bonds is 7. The molecule has 6 nitrogen and oxygen atoms in total. The molecular weight excluding hydrogens is 292 g/mol. The van der Waals surface area contributed by atoms with Crippen molar-refractivity contribution in [1.82, 2.24) is 9.29 Å². The smallest absolute Gasteiger partial charge is 0.328 e. The van der Waals surface area contributed by atoms with Crippen molar-refractivity contribution in [2.75, 3.05) is 6.54 Å². The Balaban J connectivity index is 3.19. The Morgan fingerprint density at radius 1 is 1.43 bits per heavy atom. The van der Waals surface area contributed by atoms with Gasteiger partial charge in [0.2, 0.25) is 10.0 Å². The summed E-state index contributed by atoms with van der Waals surface area (Å²) in [5.41, 5.74) is 0.429. The second-order valence-electron chi connectivity index (χ2n) is 4.84. The summed E-state index contributed by atoms with van der Waals surface area (Å²) in [4.78, 5) is 14.5. The van der Waals surface area contributed by atoms with Crippen LogP contribution >= 0.6 is 0 Å². The summed E-state index contributed by atoms with van der Waals surface area (Å²) >= 11 is 0. The Morgan fingerprint density at radius 3 is 2.62 bits per heavy atom. The number of aliphatic carboxylic acids is 1. The van der Waals surface area contributed by atoms with Crippen LogP contribution in [0.1, 0.15) is 32.8 Å². The molecule has 0 amide bonds. The van der Waals surface area contributed by atoms with E-state index in [1.807, 2.05) is 20.8 Å². The Bertz CT molecular complexity index is 624. The number of hydrogen-bond acceptors (Lipinski definition) is 4. The van der Waals surface area contributed by atoms with Gasteiger partial charge < -0.3 is 5.11 Å². The number of carbonyl (C=O) groups is 1. The highest BCUT2D eigenvalue weighted by molar-refractivity contribution is 7.89. The second-order valence-corrected chi connectivity index (χ2v) is 6.73. The van der Waals surface area contributed by atoms with Crippen molar-refractivity contribution < 1.29 is 18.3 Å². The molecule has 0 bridgehead atoms. The SMILES string of the molecule is CCCN(C(C)C)S(=O)(=O)c1cncc(C=CC(=O)O)c1. The fraction of sp³-hybridized carbons (Fsp3) is 0.429. The average Bonchev–Trinajstić information content (AvgIpc) is 2.42. The maximum atomic E-state index is 12.6. The van der Waals surface area contributed by atoms with Gasteiger partial charge in [-0.15, -0.1) is 0 Å². The topological polar surface area (TPSA) is 87.6 Å². The lowest BCUT2D eigenvalue weighted by molar-refractivity contribution is -0.131. The fourth-order valence-corrected chi connectivity index (χ4v) is 3.57. The molecule has 1 aromatic heterocycles. The van der Waals surface area contributed by atoms with Crippen LogP contribution in [0.25, 0.3) is 6.08 Å². The number of carboxylic acid groups (broad SMARTS) is 1. The van der Waals surface area contributed by atoms with E-state index in [1.165, 1.54) is 28.8 Å². The molecule has 1 aromatic rings. The van der Waals surface area contributed by atoms with E-state index in [2.05, 4.69) is 4.98 Å². The van der Waals surface area contributed by atoms with Gasteiger partial charge in [-0.05, 0) is 38.0 Å². The molecule has 116 valence electrons. The van der Waals surface area contributed by atoms with Crippen LogP contribution in [0.2, 0.25) is 0 Å². The molecule has 0 atom stereocenters. The van der Waals surface area contributed by atoms with Crippen LogP contribution in [-0.4, -0.2) is 41.4 Å². The first-order valence-electron chi connectivity index (χ1n) is 6.67. The van der Waals surface area contributed by atoms with Gasteiger partial charge in [0.1, 0.15) is 4.90 Å². The van der Waals surface area contributed by atoms with Crippen molar-refractivity contribution in [3.05, 3.63) is 30.1 Å². The molecular formula is C14H20N2O4S. The van der Waals surface area contributed by atoms with Crippen LogP contribution in [0.3, 0.4) is 0 Å². The van der Waals surface area contributed by atoms with E-state index in [-0.39, 0.29) is 10.9 Å². The van der Waals surface area contributed by atoms with Crippen molar-refractivity contribution in [2.24, 2.45) is 0 Å². The predicted molar refractivity (Wildman–Crippen MR) is 80.2 cm³/mol. The third kappa shape index (κ3) is 4.64. The van der Waals surface area contributed by atoms with E-state index in [0.717, 1.165) is 6.08 Å². The van der Waals surface area contributed by atoms with Gasteiger partial charge in [-0.1, -0.05) is 6.92 Å². The highest BCUT2D eigenvalue weighted by Crippen LogP contribution is 2.19. The standard InChI is InChI=1S/C14H20N2O4S/c1-4-7-16(11(2)3)21(19,20)13-8-12(9-15-10-13)5-6-14(17)18/h5-6,8-11H,4,7H2,1-3H3,(H,17,18). The molecule has 0 aliphatic rings. The van der Waals surface area contributed by atoms with Gasteiger partial charge in [0, 0.05) is 31.1 Å². The Hall–Kier alpha value is -1.73. The van der Waals surface area contributed by atoms with Crippen LogP contribution in [0, 0.1) is 0 Å². The molecule has 0 aromatic carbocycles. The summed E-state index contributed by atoms with van der Waals surface area (Å²) in [7, 11) is -3.63. The van der Waals surface area contributed by atoms with Gasteiger partial charge in [0.15, 0.2) is 0 Å². The van der Waals surface area contributed by atoms with Crippen molar-refractivity contribution in [1.29, 1.82) is 0 Å². The van der Waals surface area contributed by atoms with E-state index < -0.39 is 16.0 Å². The normalized spacial score (nSPS) is 12.4. The van der Waals surface area contributed by atoms with E-state index in [1.54, 1.807) is 0 Å². The summed E-state index contributed by atoms with van der Waals surface area (Å²) in [5, 5.41) is 8.60. The van der Waals surface area contributed by atoms with Crippen LogP contribution in [0.15, 0.2) is 29.4 Å². The minimum Gasteiger partial charge on any atom is -0.478 e. The van der Waals surface area contributed by atoms with Crippen LogP contribution in [0.5, 0.6) is 0 Å². The molecule has 21 heavy (non-hydrogen) atoms. The number of hydrogen-bond donors (Lipinski definition) is 1. The van der Waals surface area contributed by atoms with Crippen LogP contribution < -0.4 is 0 Å². The molecule has 0 saturated carbocycles. The lowest BCUT2D eigenvalue weighted by Crippen LogP contribution is -2.37. The maximum Gasteiger partial charge on any atom is 0.328 e. The van der Waals surface area contributed by atoms with Crippen molar-refractivity contribution in [2.45, 2.75) is 38.1 Å². The zero-order valence-electron chi connectivity index (χ0n) is 12.4. The van der Waals surface area contributed by atoms with Gasteiger partial charge in [-0.25, -0.2) is 13.2 Å². The first-order valence-corrected chi connectivity index (χ1v) is 8.11. The molecule has 0 fully saturated rings. The van der Waals surface area contributed by atoms with Crippen molar-refractivity contribution >= 4 is 22.1 Å². The van der Waals surface area contributed by atoms with Crippen LogP contribution in [-0.2, 0) is 14.8 Å². The molecule has 1 heterocycles. The molecule has 0 saturated heterocycles. The van der Waals surface area contributed by atoms with Gasteiger partial charge in [-0.3, -0.25) is 4.98 Å². The minimum absolute atomic E-state index is 0.0668. The zero-order valence-corrected chi connectivity index (χ0v) is 13.2. The lowest BCUT2D eigenvalue weighted by atomic mass is 10.2. The van der Waals surface area contributed by atoms with Crippen LogP contribution in [0.4, 0.5) is 0 Å². The first-order chi connectivity index (χ1) is 9.78. The van der Waals surface area contributed by atoms with Gasteiger partial charge in [0.25, 0.3) is 0 Å². The minimum atomic E-state index is -3.63. The van der Waals surface area contributed by atoms with Gasteiger partial charge in [0.05, 0.1) is 0 Å². The predicted octanol–water partition coefficient (Wildman–Crippen LogP) is 1.99. The molecule has 0 aliphatic carbocycles. The number of pyridine rings is 1. The molecule has 0 radical (unpaired) electrons. The van der Waals surface area contributed by atoms with E-state index in [4.69, 9.17) is 5.11 Å². The lowest BCUT2D eigenvalue weighted by Gasteiger charge is -2.25. The average molecular weight is 312 g/mol. The molecule has 1 rings (SSSR count). The molecule has 1 N–H and O–H groups in total. The largest absolute Gasteiger partial charge is 0.478 e. The Labute approximate surface area is 125 Å². The van der Waals surface area contributed by atoms with Crippen molar-refractivity contribution in [3.8, 4) is 0 Å². The highest BCUT2D eigenvalue weighted by atomic mass is 32.2. The first kappa shape index (κ1) is 17.3. The summed E-state index contributed by atoms with van der Waals surface area (Å²) in [6.45, 7) is 5.97. The number of aromatic nitrogens is 1. The number of nitrogens with zero attached hydrogens (tertiary/aromatic N) is 2. The monoisotopic (exact) mass is 312 g/mol. The fourth-order valence-electron chi connectivity index (χ4n) is 1.85. The van der Waals surface area contributed by atoms with Gasteiger partial charge >= 0.3 is 5.97 Å². The van der Waals surface area contributed by atoms with E-state index in [9.17, 15) is 13.2 Å². The molecule has 0 spiro atoms. The van der Waals surface area contributed by atoms with E-state index >= 15 is 0 Å². The highest BCUT2D eigenvalue weighted by Gasteiger charge is 2.26. The summed E-state index contributed by atoms with van der Waals surface area (Å²) < 4.78 is 26.6. The number of carboxylic acids is 1. The zero-order chi connectivity index (χ0) is 16.0. The van der Waals surface area contributed by atoms with Gasteiger partial charge in [-0.2, -0.15) is 4.31 Å². The second kappa shape index (κ2) is 7.33.